The first-order chi connectivity index (χ1) is 9.99. The van der Waals surface area contributed by atoms with Gasteiger partial charge in [0.15, 0.2) is 0 Å². The van der Waals surface area contributed by atoms with Gasteiger partial charge in [-0.2, -0.15) is 0 Å². The molecule has 2 aliphatic rings. The van der Waals surface area contributed by atoms with E-state index in [0.29, 0.717) is 5.92 Å². The maximum absolute atomic E-state index is 2.67. The van der Waals surface area contributed by atoms with E-state index in [2.05, 4.69) is 75.1 Å². The third kappa shape index (κ3) is 2.66. The molecule has 21 heavy (non-hydrogen) atoms. The van der Waals surface area contributed by atoms with Crippen LogP contribution in [0.3, 0.4) is 0 Å². The molecule has 1 aliphatic carbocycles. The van der Waals surface area contributed by atoms with E-state index in [0.717, 1.165) is 12.5 Å². The molecule has 1 aromatic rings. The van der Waals surface area contributed by atoms with Crippen LogP contribution >= 0.6 is 0 Å². The molecule has 1 aliphatic heterocycles. The Hall–Kier alpha value is -1.50. The number of benzene rings is 1. The first-order valence-electron chi connectivity index (χ1n) is 8.18. The van der Waals surface area contributed by atoms with E-state index in [9.17, 15) is 0 Å². The Balaban J connectivity index is 2.00. The van der Waals surface area contributed by atoms with Crippen molar-refractivity contribution in [3.8, 4) is 0 Å². The highest BCUT2D eigenvalue weighted by atomic mass is 15.2. The van der Waals surface area contributed by atoms with Gasteiger partial charge >= 0.3 is 0 Å². The molecule has 0 saturated carbocycles. The molecule has 0 N–H and O–H groups in total. The van der Waals surface area contributed by atoms with Crippen molar-refractivity contribution < 1.29 is 0 Å². The summed E-state index contributed by atoms with van der Waals surface area (Å²) in [5.41, 5.74) is 4.69. The second kappa shape index (κ2) is 5.36. The Labute approximate surface area is 129 Å². The van der Waals surface area contributed by atoms with Crippen LogP contribution < -0.4 is 0 Å². The zero-order valence-electron chi connectivity index (χ0n) is 13.8. The van der Waals surface area contributed by atoms with Crippen LogP contribution in [0.15, 0.2) is 53.8 Å². The molecular formula is C20H27N. The molecular weight excluding hydrogens is 254 g/mol. The van der Waals surface area contributed by atoms with E-state index < -0.39 is 0 Å². The quantitative estimate of drug-likeness (QED) is 0.724. The molecule has 1 heteroatoms. The van der Waals surface area contributed by atoms with Gasteiger partial charge in [0, 0.05) is 23.7 Å². The number of allylic oxidation sites excluding steroid dienone is 4. The van der Waals surface area contributed by atoms with Crippen molar-refractivity contribution in [2.75, 3.05) is 0 Å². The third-order valence-corrected chi connectivity index (χ3v) is 5.23. The highest BCUT2D eigenvalue weighted by molar-refractivity contribution is 5.33. The summed E-state index contributed by atoms with van der Waals surface area (Å²) in [7, 11) is 0. The summed E-state index contributed by atoms with van der Waals surface area (Å²) in [5, 5.41) is 0. The molecule has 1 nitrogen and oxygen atoms in total. The zero-order chi connectivity index (χ0) is 15.0. The molecule has 112 valence electrons. The lowest BCUT2D eigenvalue weighted by Gasteiger charge is -2.53. The fraction of sp³-hybridized carbons (Fsp3) is 0.500. The minimum absolute atomic E-state index is 0.230. The Morgan fingerprint density at radius 1 is 1.19 bits per heavy atom. The van der Waals surface area contributed by atoms with Gasteiger partial charge in [-0.1, -0.05) is 49.4 Å². The largest absolute Gasteiger partial charge is 0.365 e. The van der Waals surface area contributed by atoms with E-state index in [1.807, 2.05) is 0 Å². The lowest BCUT2D eigenvalue weighted by molar-refractivity contribution is 0.0513. The topological polar surface area (TPSA) is 3.24 Å². The molecule has 0 bridgehead atoms. The van der Waals surface area contributed by atoms with Crippen LogP contribution in [0.2, 0.25) is 0 Å². The van der Waals surface area contributed by atoms with Gasteiger partial charge in [0.2, 0.25) is 0 Å². The summed E-state index contributed by atoms with van der Waals surface area (Å²) < 4.78 is 0. The van der Waals surface area contributed by atoms with Crippen LogP contribution in [0.1, 0.15) is 46.1 Å². The van der Waals surface area contributed by atoms with Gasteiger partial charge < -0.3 is 4.90 Å². The number of rotatable bonds is 2. The number of nitrogens with zero attached hydrogens (tertiary/aromatic N) is 1. The summed E-state index contributed by atoms with van der Waals surface area (Å²) in [6.45, 7) is 10.5. The minimum Gasteiger partial charge on any atom is -0.365 e. The van der Waals surface area contributed by atoms with Crippen LogP contribution in [-0.4, -0.2) is 10.4 Å². The van der Waals surface area contributed by atoms with Gasteiger partial charge in [0.25, 0.3) is 0 Å². The predicted octanol–water partition coefficient (Wildman–Crippen LogP) is 5.16. The molecule has 1 saturated heterocycles. The van der Waals surface area contributed by atoms with Crippen molar-refractivity contribution in [3.63, 3.8) is 0 Å². The standard InChI is InChI=1S/C20H27N/c1-15-9-8-12-18-16(2)13-20(3,4)21(19(15)18)14-17-10-6-5-7-11-17/h5-11,16,18H,12-14H2,1-4H3. The van der Waals surface area contributed by atoms with Gasteiger partial charge in [-0.05, 0) is 50.7 Å². The maximum Gasteiger partial charge on any atom is 0.0432 e. The van der Waals surface area contributed by atoms with Crippen molar-refractivity contribution in [3.05, 3.63) is 59.3 Å². The molecule has 1 fully saturated rings. The van der Waals surface area contributed by atoms with Gasteiger partial charge in [-0.3, -0.25) is 0 Å². The summed E-state index contributed by atoms with van der Waals surface area (Å²) in [6.07, 6.45) is 7.15. The first kappa shape index (κ1) is 14.4. The van der Waals surface area contributed by atoms with E-state index >= 15 is 0 Å². The summed E-state index contributed by atoms with van der Waals surface area (Å²) >= 11 is 0. The van der Waals surface area contributed by atoms with Gasteiger partial charge in [0.05, 0.1) is 0 Å². The van der Waals surface area contributed by atoms with Gasteiger partial charge in [-0.15, -0.1) is 0 Å². The fourth-order valence-electron chi connectivity index (χ4n) is 4.23. The Morgan fingerprint density at radius 3 is 2.62 bits per heavy atom. The molecule has 0 spiro atoms. The SMILES string of the molecule is CC1=C2C(CC=C1)C(C)CC(C)(C)N2Cc1ccccc1. The Morgan fingerprint density at radius 2 is 1.90 bits per heavy atom. The van der Waals surface area contributed by atoms with Crippen LogP contribution in [0.25, 0.3) is 0 Å². The number of fused-ring (bicyclic) bond motifs is 1. The highest BCUT2D eigenvalue weighted by Crippen LogP contribution is 2.46. The van der Waals surface area contributed by atoms with Crippen molar-refractivity contribution in [2.45, 2.75) is 52.6 Å². The molecule has 2 atom stereocenters. The molecule has 0 aromatic heterocycles. The zero-order valence-corrected chi connectivity index (χ0v) is 13.8. The second-order valence-corrected chi connectivity index (χ2v) is 7.38. The van der Waals surface area contributed by atoms with Crippen molar-refractivity contribution in [1.29, 1.82) is 0 Å². The van der Waals surface area contributed by atoms with E-state index in [1.54, 1.807) is 5.70 Å². The number of hydrogen-bond donors (Lipinski definition) is 0. The molecule has 3 rings (SSSR count). The van der Waals surface area contributed by atoms with Crippen LogP contribution in [-0.2, 0) is 6.54 Å². The van der Waals surface area contributed by atoms with Gasteiger partial charge in [0.1, 0.15) is 0 Å². The molecule has 0 amide bonds. The van der Waals surface area contributed by atoms with Crippen molar-refractivity contribution in [2.24, 2.45) is 11.8 Å². The molecule has 0 radical (unpaired) electrons. The maximum atomic E-state index is 2.67. The average molecular weight is 281 g/mol. The van der Waals surface area contributed by atoms with E-state index in [4.69, 9.17) is 0 Å². The monoisotopic (exact) mass is 281 g/mol. The predicted molar refractivity (Wildman–Crippen MR) is 89.8 cm³/mol. The fourth-order valence-corrected chi connectivity index (χ4v) is 4.23. The number of piperidine rings is 1. The summed E-state index contributed by atoms with van der Waals surface area (Å²) in [6, 6.07) is 10.9. The van der Waals surface area contributed by atoms with Crippen molar-refractivity contribution >= 4 is 0 Å². The van der Waals surface area contributed by atoms with Crippen LogP contribution in [0.5, 0.6) is 0 Å². The molecule has 1 heterocycles. The third-order valence-electron chi connectivity index (χ3n) is 5.23. The van der Waals surface area contributed by atoms with Crippen molar-refractivity contribution in [1.82, 2.24) is 4.90 Å². The smallest absolute Gasteiger partial charge is 0.0432 e. The van der Waals surface area contributed by atoms with E-state index in [-0.39, 0.29) is 5.54 Å². The van der Waals surface area contributed by atoms with Crippen LogP contribution in [0, 0.1) is 11.8 Å². The number of hydrogen-bond acceptors (Lipinski definition) is 1. The van der Waals surface area contributed by atoms with E-state index in [1.165, 1.54) is 24.0 Å². The van der Waals surface area contributed by atoms with Crippen LogP contribution in [0.4, 0.5) is 0 Å². The average Bonchev–Trinajstić information content (AvgIpc) is 2.44. The number of likely N-dealkylation sites (tertiary alicyclic amines) is 1. The lowest BCUT2D eigenvalue weighted by Crippen LogP contribution is -2.51. The molecule has 2 unspecified atom stereocenters. The Kier molecular flexibility index (Phi) is 3.69. The first-order valence-corrected chi connectivity index (χ1v) is 8.18. The Bertz CT molecular complexity index is 565. The second-order valence-electron chi connectivity index (χ2n) is 7.38. The highest BCUT2D eigenvalue weighted by Gasteiger charge is 2.42. The van der Waals surface area contributed by atoms with Gasteiger partial charge in [-0.25, -0.2) is 0 Å². The molecule has 1 aromatic carbocycles. The lowest BCUT2D eigenvalue weighted by atomic mass is 9.71. The summed E-state index contributed by atoms with van der Waals surface area (Å²) in [5.74, 6) is 1.47. The summed E-state index contributed by atoms with van der Waals surface area (Å²) in [4.78, 5) is 2.67. The normalized spacial score (nSPS) is 27.7. The minimum atomic E-state index is 0.230.